The van der Waals surface area contributed by atoms with Crippen molar-refractivity contribution in [2.75, 3.05) is 6.61 Å². The summed E-state index contributed by atoms with van der Waals surface area (Å²) >= 11 is 0. The van der Waals surface area contributed by atoms with Gasteiger partial charge in [-0.3, -0.25) is 14.7 Å². The van der Waals surface area contributed by atoms with E-state index in [9.17, 15) is 9.59 Å². The van der Waals surface area contributed by atoms with Gasteiger partial charge in [0, 0.05) is 18.4 Å². The first kappa shape index (κ1) is 15.1. The first-order valence-electron chi connectivity index (χ1n) is 8.36. The fourth-order valence-electron chi connectivity index (χ4n) is 3.63. The fourth-order valence-corrected chi connectivity index (χ4v) is 3.63. The lowest BCUT2D eigenvalue weighted by Crippen LogP contribution is -2.60. The van der Waals surface area contributed by atoms with E-state index in [1.54, 1.807) is 12.3 Å². The van der Waals surface area contributed by atoms with Gasteiger partial charge in [-0.15, -0.1) is 0 Å². The van der Waals surface area contributed by atoms with Gasteiger partial charge in [0.15, 0.2) is 0 Å². The molecule has 2 aliphatic heterocycles. The summed E-state index contributed by atoms with van der Waals surface area (Å²) in [4.78, 5) is 24.5. The van der Waals surface area contributed by atoms with E-state index in [0.717, 1.165) is 23.7 Å². The Kier molecular flexibility index (Phi) is 3.93. The molecule has 0 saturated carbocycles. The summed E-state index contributed by atoms with van der Waals surface area (Å²) in [5.74, 6) is -0.134. The van der Waals surface area contributed by atoms with Crippen LogP contribution in [0.5, 0.6) is 0 Å². The average molecular weight is 328 g/mol. The van der Waals surface area contributed by atoms with Gasteiger partial charge in [-0.25, -0.2) is 0 Å². The molecule has 7 nitrogen and oxygen atoms in total. The number of benzene rings is 1. The Bertz CT molecular complexity index is 766. The summed E-state index contributed by atoms with van der Waals surface area (Å²) in [5, 5.41) is 13.9. The number of H-pyrrole nitrogens is 1. The lowest BCUT2D eigenvalue weighted by atomic mass is 9.92. The summed E-state index contributed by atoms with van der Waals surface area (Å²) < 4.78 is 5.73. The molecular formula is C17H20N4O3. The van der Waals surface area contributed by atoms with Crippen molar-refractivity contribution in [1.29, 1.82) is 0 Å². The van der Waals surface area contributed by atoms with Crippen molar-refractivity contribution in [3.8, 4) is 0 Å². The van der Waals surface area contributed by atoms with E-state index in [4.69, 9.17) is 4.74 Å². The number of fused-ring (bicyclic) bond motifs is 1. The first-order chi connectivity index (χ1) is 11.7. The molecule has 1 unspecified atom stereocenters. The second-order valence-corrected chi connectivity index (χ2v) is 6.40. The highest BCUT2D eigenvalue weighted by molar-refractivity contribution is 6.05. The highest BCUT2D eigenvalue weighted by atomic mass is 16.5. The Hall–Kier alpha value is -2.41. The molecule has 2 saturated heterocycles. The number of hydrogen-bond donors (Lipinski definition) is 3. The highest BCUT2D eigenvalue weighted by Gasteiger charge is 2.37. The second kappa shape index (κ2) is 6.24. The van der Waals surface area contributed by atoms with Gasteiger partial charge < -0.3 is 15.4 Å². The number of hydrogen-bond acceptors (Lipinski definition) is 4. The van der Waals surface area contributed by atoms with Crippen molar-refractivity contribution in [2.45, 2.75) is 43.9 Å². The van der Waals surface area contributed by atoms with Crippen LogP contribution in [0.3, 0.4) is 0 Å². The molecule has 2 amide bonds. The van der Waals surface area contributed by atoms with Crippen molar-refractivity contribution in [3.63, 3.8) is 0 Å². The first-order valence-corrected chi connectivity index (χ1v) is 8.36. The fraction of sp³-hybridized carbons (Fsp3) is 0.471. The molecule has 7 heteroatoms. The summed E-state index contributed by atoms with van der Waals surface area (Å²) in [6.07, 6.45) is 4.62. The van der Waals surface area contributed by atoms with Crippen LogP contribution >= 0.6 is 0 Å². The Morgan fingerprint density at radius 1 is 1.33 bits per heavy atom. The van der Waals surface area contributed by atoms with Crippen LogP contribution in [-0.4, -0.2) is 46.8 Å². The minimum Gasteiger partial charge on any atom is -0.376 e. The molecule has 3 heterocycles. The standard InChI is InChI=1S/C17H20N4O3/c22-14-7-6-12(16(20-14)13-5-2-8-24-13)19-17(23)11-4-1-3-10-9-18-21-15(10)11/h1,3-4,9,12-13,16H,2,5-8H2,(H,18,21)(H,19,23)(H,20,22)/t12-,13?,16-/m0/s1. The molecular weight excluding hydrogens is 308 g/mol. The largest absolute Gasteiger partial charge is 0.376 e. The van der Waals surface area contributed by atoms with Gasteiger partial charge in [-0.05, 0) is 25.3 Å². The molecule has 2 aliphatic rings. The van der Waals surface area contributed by atoms with Gasteiger partial charge in [0.05, 0.1) is 35.5 Å². The van der Waals surface area contributed by atoms with Crippen LogP contribution in [0.4, 0.5) is 0 Å². The van der Waals surface area contributed by atoms with E-state index in [-0.39, 0.29) is 30.0 Å². The SMILES string of the molecule is O=C1CC[C@H](NC(=O)c2cccc3cn[nH]c23)[C@@H](C2CCCO2)N1. The highest BCUT2D eigenvalue weighted by Crippen LogP contribution is 2.23. The van der Waals surface area contributed by atoms with E-state index in [2.05, 4.69) is 20.8 Å². The maximum absolute atomic E-state index is 12.8. The van der Waals surface area contributed by atoms with Crippen molar-refractivity contribution < 1.29 is 14.3 Å². The Morgan fingerprint density at radius 3 is 3.08 bits per heavy atom. The zero-order valence-electron chi connectivity index (χ0n) is 13.2. The number of carbonyl (C=O) groups excluding carboxylic acids is 2. The number of nitrogens with zero attached hydrogens (tertiary/aromatic N) is 1. The summed E-state index contributed by atoms with van der Waals surface area (Å²) in [6.45, 7) is 0.713. The van der Waals surface area contributed by atoms with Crippen molar-refractivity contribution in [2.24, 2.45) is 0 Å². The van der Waals surface area contributed by atoms with E-state index in [1.165, 1.54) is 0 Å². The monoisotopic (exact) mass is 328 g/mol. The van der Waals surface area contributed by atoms with Crippen LogP contribution in [0.15, 0.2) is 24.4 Å². The van der Waals surface area contributed by atoms with Crippen LogP contribution in [0, 0.1) is 0 Å². The molecule has 1 aromatic carbocycles. The zero-order valence-corrected chi connectivity index (χ0v) is 13.2. The summed E-state index contributed by atoms with van der Waals surface area (Å²) in [5.41, 5.74) is 1.29. The molecule has 0 aliphatic carbocycles. The Morgan fingerprint density at radius 2 is 2.25 bits per heavy atom. The lowest BCUT2D eigenvalue weighted by molar-refractivity contribution is -0.125. The molecule has 0 bridgehead atoms. The van der Waals surface area contributed by atoms with Crippen LogP contribution in [0.1, 0.15) is 36.0 Å². The van der Waals surface area contributed by atoms with Gasteiger partial charge in [0.2, 0.25) is 5.91 Å². The molecule has 3 N–H and O–H groups in total. The minimum absolute atomic E-state index is 0.0247. The molecule has 126 valence electrons. The third kappa shape index (κ3) is 2.75. The Labute approximate surface area is 139 Å². The number of rotatable bonds is 3. The van der Waals surface area contributed by atoms with Crippen LogP contribution in [0.25, 0.3) is 10.9 Å². The zero-order chi connectivity index (χ0) is 16.5. The molecule has 1 aromatic heterocycles. The van der Waals surface area contributed by atoms with Gasteiger partial charge in [-0.1, -0.05) is 12.1 Å². The second-order valence-electron chi connectivity index (χ2n) is 6.40. The number of aromatic nitrogens is 2. The summed E-state index contributed by atoms with van der Waals surface area (Å²) in [7, 11) is 0. The third-order valence-corrected chi connectivity index (χ3v) is 4.85. The van der Waals surface area contributed by atoms with Gasteiger partial charge >= 0.3 is 0 Å². The lowest BCUT2D eigenvalue weighted by Gasteiger charge is -2.36. The van der Waals surface area contributed by atoms with E-state index in [0.29, 0.717) is 25.0 Å². The molecule has 2 aromatic rings. The summed E-state index contributed by atoms with van der Waals surface area (Å²) in [6, 6.07) is 5.23. The van der Waals surface area contributed by atoms with Crippen molar-refractivity contribution in [1.82, 2.24) is 20.8 Å². The number of aromatic amines is 1. The number of carbonyl (C=O) groups is 2. The van der Waals surface area contributed by atoms with Crippen molar-refractivity contribution >= 4 is 22.7 Å². The topological polar surface area (TPSA) is 96.1 Å². The van der Waals surface area contributed by atoms with Crippen molar-refractivity contribution in [3.05, 3.63) is 30.0 Å². The van der Waals surface area contributed by atoms with Gasteiger partial charge in [-0.2, -0.15) is 5.10 Å². The minimum atomic E-state index is -0.168. The van der Waals surface area contributed by atoms with Gasteiger partial charge in [0.25, 0.3) is 5.91 Å². The smallest absolute Gasteiger partial charge is 0.253 e. The normalized spacial score (nSPS) is 27.2. The number of ether oxygens (including phenoxy) is 1. The molecule has 4 rings (SSSR count). The molecule has 2 fully saturated rings. The van der Waals surface area contributed by atoms with E-state index >= 15 is 0 Å². The number of para-hydroxylation sites is 1. The van der Waals surface area contributed by atoms with Gasteiger partial charge in [0.1, 0.15) is 0 Å². The van der Waals surface area contributed by atoms with E-state index in [1.807, 2.05) is 12.1 Å². The van der Waals surface area contributed by atoms with Crippen LogP contribution in [0.2, 0.25) is 0 Å². The molecule has 0 radical (unpaired) electrons. The van der Waals surface area contributed by atoms with E-state index < -0.39 is 0 Å². The van der Waals surface area contributed by atoms with Crippen LogP contribution in [-0.2, 0) is 9.53 Å². The number of nitrogens with one attached hydrogen (secondary N) is 3. The number of piperidine rings is 1. The molecule has 3 atom stereocenters. The Balaban J connectivity index is 1.55. The quantitative estimate of drug-likeness (QED) is 0.787. The third-order valence-electron chi connectivity index (χ3n) is 4.85. The molecule has 0 spiro atoms. The predicted octanol–water partition coefficient (Wildman–Crippen LogP) is 1.12. The molecule has 24 heavy (non-hydrogen) atoms. The average Bonchev–Trinajstić information content (AvgIpc) is 3.27. The predicted molar refractivity (Wildman–Crippen MR) is 87.5 cm³/mol. The number of amides is 2. The van der Waals surface area contributed by atoms with Crippen LogP contribution < -0.4 is 10.6 Å². The maximum Gasteiger partial charge on any atom is 0.253 e. The maximum atomic E-state index is 12.8.